The van der Waals surface area contributed by atoms with Crippen LogP contribution < -0.4 is 11.1 Å². The first-order valence-electron chi connectivity index (χ1n) is 6.37. The average molecular weight is 253 g/mol. The molecule has 1 fully saturated rings. The number of rotatable bonds is 3. The lowest BCUT2D eigenvalue weighted by molar-refractivity contribution is 0.272. The molecule has 3 heteroatoms. The van der Waals surface area contributed by atoms with Crippen molar-refractivity contribution in [2.24, 2.45) is 11.7 Å². The Labute approximate surface area is 109 Å². The van der Waals surface area contributed by atoms with Crippen molar-refractivity contribution in [1.82, 2.24) is 0 Å². The number of benzene rings is 1. The molecule has 1 aliphatic rings. The van der Waals surface area contributed by atoms with Crippen molar-refractivity contribution < 1.29 is 0 Å². The maximum atomic E-state index is 6.00. The van der Waals surface area contributed by atoms with Crippen LogP contribution in [0.2, 0.25) is 5.02 Å². The predicted octanol–water partition coefficient (Wildman–Crippen LogP) is 3.66. The molecule has 0 radical (unpaired) electrons. The van der Waals surface area contributed by atoms with Crippen molar-refractivity contribution in [3.8, 4) is 0 Å². The Morgan fingerprint density at radius 3 is 2.71 bits per heavy atom. The van der Waals surface area contributed by atoms with E-state index in [1.54, 1.807) is 0 Å². The first-order chi connectivity index (χ1) is 8.13. The lowest BCUT2D eigenvalue weighted by Crippen LogP contribution is -2.48. The number of nitrogens with two attached hydrogens (primary N) is 1. The molecule has 1 aromatic carbocycles. The normalized spacial score (nSPS) is 29.0. The van der Waals surface area contributed by atoms with E-state index in [1.807, 2.05) is 18.2 Å². The molecule has 3 N–H and O–H groups in total. The molecule has 0 bridgehead atoms. The van der Waals surface area contributed by atoms with Gasteiger partial charge in [-0.3, -0.25) is 0 Å². The van der Waals surface area contributed by atoms with E-state index in [9.17, 15) is 0 Å². The van der Waals surface area contributed by atoms with E-state index in [2.05, 4.69) is 18.3 Å². The molecule has 0 saturated heterocycles. The smallest absolute Gasteiger partial charge is 0.0495 e. The van der Waals surface area contributed by atoms with E-state index in [0.717, 1.165) is 29.5 Å². The third-order valence-electron chi connectivity index (χ3n) is 3.86. The van der Waals surface area contributed by atoms with Gasteiger partial charge in [-0.15, -0.1) is 0 Å². The largest absolute Gasteiger partial charge is 0.378 e. The summed E-state index contributed by atoms with van der Waals surface area (Å²) in [6.45, 7) is 3.01. The second kappa shape index (κ2) is 5.28. The molecule has 1 saturated carbocycles. The Hall–Kier alpha value is -0.730. The second-order valence-corrected chi connectivity index (χ2v) is 5.74. The van der Waals surface area contributed by atoms with Crippen LogP contribution in [-0.4, -0.2) is 12.1 Å². The Morgan fingerprint density at radius 1 is 1.41 bits per heavy atom. The number of halogens is 1. The molecule has 94 valence electrons. The van der Waals surface area contributed by atoms with Crippen molar-refractivity contribution in [2.45, 2.75) is 38.1 Å². The van der Waals surface area contributed by atoms with Crippen molar-refractivity contribution in [3.63, 3.8) is 0 Å². The number of hydrogen-bond acceptors (Lipinski definition) is 2. The highest BCUT2D eigenvalue weighted by atomic mass is 35.5. The lowest BCUT2D eigenvalue weighted by atomic mass is 9.77. The number of anilines is 1. The fraction of sp³-hybridized carbons (Fsp3) is 0.571. The molecule has 0 aromatic heterocycles. The van der Waals surface area contributed by atoms with Crippen molar-refractivity contribution in [3.05, 3.63) is 29.3 Å². The van der Waals surface area contributed by atoms with Crippen LogP contribution in [0.15, 0.2) is 24.3 Å². The average Bonchev–Trinajstić information content (AvgIpc) is 2.33. The maximum absolute atomic E-state index is 6.00. The molecule has 1 aromatic rings. The maximum Gasteiger partial charge on any atom is 0.0495 e. The van der Waals surface area contributed by atoms with Crippen molar-refractivity contribution >= 4 is 17.3 Å². The zero-order valence-electron chi connectivity index (χ0n) is 10.4. The lowest BCUT2D eigenvalue weighted by Gasteiger charge is -2.40. The zero-order valence-corrected chi connectivity index (χ0v) is 11.1. The molecule has 0 spiro atoms. The summed E-state index contributed by atoms with van der Waals surface area (Å²) in [6, 6.07) is 7.89. The van der Waals surface area contributed by atoms with Gasteiger partial charge in [0.2, 0.25) is 0 Å². The molecule has 1 aliphatic carbocycles. The van der Waals surface area contributed by atoms with Crippen LogP contribution >= 0.6 is 11.6 Å². The molecule has 2 rings (SSSR count). The molecule has 0 amide bonds. The Bertz CT molecular complexity index is 370. The van der Waals surface area contributed by atoms with Gasteiger partial charge in [-0.05, 0) is 49.8 Å². The highest BCUT2D eigenvalue weighted by molar-refractivity contribution is 6.30. The van der Waals surface area contributed by atoms with Crippen LogP contribution in [0.5, 0.6) is 0 Å². The fourth-order valence-electron chi connectivity index (χ4n) is 2.57. The van der Waals surface area contributed by atoms with Gasteiger partial charge in [-0.2, -0.15) is 0 Å². The highest BCUT2D eigenvalue weighted by Gasteiger charge is 2.32. The minimum Gasteiger partial charge on any atom is -0.378 e. The van der Waals surface area contributed by atoms with Crippen LogP contribution in [0, 0.1) is 5.92 Å². The Morgan fingerprint density at radius 2 is 2.12 bits per heavy atom. The highest BCUT2D eigenvalue weighted by Crippen LogP contribution is 2.34. The molecular formula is C14H21ClN2. The topological polar surface area (TPSA) is 38.0 Å². The minimum absolute atomic E-state index is 0.0667. The van der Waals surface area contributed by atoms with Crippen LogP contribution in [0.25, 0.3) is 0 Å². The quantitative estimate of drug-likeness (QED) is 0.862. The van der Waals surface area contributed by atoms with Gasteiger partial charge < -0.3 is 11.1 Å². The summed E-state index contributed by atoms with van der Waals surface area (Å²) in [5, 5.41) is 4.37. The third-order valence-corrected chi connectivity index (χ3v) is 4.09. The van der Waals surface area contributed by atoms with E-state index >= 15 is 0 Å². The first-order valence-corrected chi connectivity index (χ1v) is 6.75. The summed E-state index contributed by atoms with van der Waals surface area (Å²) in [5.74, 6) is 0.829. The molecule has 0 atom stereocenters. The van der Waals surface area contributed by atoms with Crippen LogP contribution in [0.3, 0.4) is 0 Å². The van der Waals surface area contributed by atoms with E-state index < -0.39 is 0 Å². The standard InChI is InChI=1S/C14H21ClN2/c1-11-5-7-14(10-16,8-6-11)17-13-4-2-3-12(15)9-13/h2-4,9,11,17H,5-8,10,16H2,1H3. The monoisotopic (exact) mass is 252 g/mol. The van der Waals surface area contributed by atoms with Crippen molar-refractivity contribution in [1.29, 1.82) is 0 Å². The fourth-order valence-corrected chi connectivity index (χ4v) is 2.76. The Balaban J connectivity index is 2.09. The van der Waals surface area contributed by atoms with E-state index in [0.29, 0.717) is 6.54 Å². The molecule has 17 heavy (non-hydrogen) atoms. The summed E-state index contributed by atoms with van der Waals surface area (Å²) in [4.78, 5) is 0. The molecule has 0 aliphatic heterocycles. The van der Waals surface area contributed by atoms with E-state index in [1.165, 1.54) is 12.8 Å². The summed E-state index contributed by atoms with van der Waals surface area (Å²) in [5.41, 5.74) is 7.12. The Kier molecular flexibility index (Phi) is 3.95. The second-order valence-electron chi connectivity index (χ2n) is 5.30. The zero-order chi connectivity index (χ0) is 12.3. The van der Waals surface area contributed by atoms with Gasteiger partial charge in [0, 0.05) is 22.8 Å². The van der Waals surface area contributed by atoms with Gasteiger partial charge in [-0.25, -0.2) is 0 Å². The van der Waals surface area contributed by atoms with Crippen LogP contribution in [0.1, 0.15) is 32.6 Å². The molecule has 2 nitrogen and oxygen atoms in total. The van der Waals surface area contributed by atoms with Crippen LogP contribution in [0.4, 0.5) is 5.69 Å². The molecule has 0 unspecified atom stereocenters. The first kappa shape index (κ1) is 12.7. The van der Waals surface area contributed by atoms with Gasteiger partial charge >= 0.3 is 0 Å². The van der Waals surface area contributed by atoms with Gasteiger partial charge in [0.05, 0.1) is 0 Å². The number of hydrogen-bond donors (Lipinski definition) is 2. The van der Waals surface area contributed by atoms with Crippen LogP contribution in [-0.2, 0) is 0 Å². The SMILES string of the molecule is CC1CCC(CN)(Nc2cccc(Cl)c2)CC1. The summed E-state index contributed by atoms with van der Waals surface area (Å²) in [7, 11) is 0. The summed E-state index contributed by atoms with van der Waals surface area (Å²) in [6.07, 6.45) is 4.81. The van der Waals surface area contributed by atoms with E-state index in [-0.39, 0.29) is 5.54 Å². The third kappa shape index (κ3) is 3.14. The minimum atomic E-state index is 0.0667. The molecular weight excluding hydrogens is 232 g/mol. The van der Waals surface area contributed by atoms with E-state index in [4.69, 9.17) is 17.3 Å². The summed E-state index contributed by atoms with van der Waals surface area (Å²) < 4.78 is 0. The molecule has 0 heterocycles. The number of nitrogens with one attached hydrogen (secondary N) is 1. The summed E-state index contributed by atoms with van der Waals surface area (Å²) >= 11 is 6.00. The van der Waals surface area contributed by atoms with Gasteiger partial charge in [-0.1, -0.05) is 24.6 Å². The van der Waals surface area contributed by atoms with Gasteiger partial charge in [0.15, 0.2) is 0 Å². The van der Waals surface area contributed by atoms with Gasteiger partial charge in [0.25, 0.3) is 0 Å². The van der Waals surface area contributed by atoms with Gasteiger partial charge in [0.1, 0.15) is 0 Å². The predicted molar refractivity (Wildman–Crippen MR) is 74.5 cm³/mol. The van der Waals surface area contributed by atoms with Crippen molar-refractivity contribution in [2.75, 3.05) is 11.9 Å².